The van der Waals surface area contributed by atoms with Gasteiger partial charge in [-0.25, -0.2) is 4.98 Å². The van der Waals surface area contributed by atoms with Gasteiger partial charge in [0.1, 0.15) is 5.69 Å². The Kier molecular flexibility index (Phi) is 6.07. The second-order valence-electron chi connectivity index (χ2n) is 7.58. The number of benzene rings is 1. The molecule has 6 heteroatoms. The molecule has 1 fully saturated rings. The predicted molar refractivity (Wildman–Crippen MR) is 107 cm³/mol. The van der Waals surface area contributed by atoms with E-state index in [-0.39, 0.29) is 11.7 Å². The van der Waals surface area contributed by atoms with E-state index in [2.05, 4.69) is 22.1 Å². The Balaban J connectivity index is 1.72. The highest BCUT2D eigenvalue weighted by Crippen LogP contribution is 2.37. The molecule has 0 aliphatic heterocycles. The molecule has 1 saturated carbocycles. The number of aryl methyl sites for hydroxylation is 2. The summed E-state index contributed by atoms with van der Waals surface area (Å²) in [6.45, 7) is 3.63. The minimum atomic E-state index is -0.563. The van der Waals surface area contributed by atoms with Gasteiger partial charge in [-0.2, -0.15) is 0 Å². The highest BCUT2D eigenvalue weighted by Gasteiger charge is 2.24. The number of esters is 1. The number of ether oxygens (including phenoxy) is 1. The normalized spacial score (nSPS) is 19.2. The maximum absolute atomic E-state index is 11.6. The third-order valence-electron chi connectivity index (χ3n) is 5.66. The fourth-order valence-corrected chi connectivity index (χ4v) is 4.07. The van der Waals surface area contributed by atoms with Crippen LogP contribution in [0.25, 0.3) is 11.3 Å². The van der Waals surface area contributed by atoms with Crippen molar-refractivity contribution in [1.29, 1.82) is 0 Å². The zero-order valence-corrected chi connectivity index (χ0v) is 16.7. The summed E-state index contributed by atoms with van der Waals surface area (Å²) in [6.07, 6.45) is 4.78. The first-order valence-electron chi connectivity index (χ1n) is 9.71. The van der Waals surface area contributed by atoms with Gasteiger partial charge in [-0.1, -0.05) is 24.3 Å². The number of primary amides is 1. The molecule has 0 atom stereocenters. The molecule has 1 heterocycles. The lowest BCUT2D eigenvalue weighted by Crippen LogP contribution is -2.17. The molecule has 2 N–H and O–H groups in total. The van der Waals surface area contributed by atoms with Crippen LogP contribution >= 0.6 is 0 Å². The Morgan fingerprint density at radius 2 is 1.68 bits per heavy atom. The summed E-state index contributed by atoms with van der Waals surface area (Å²) < 4.78 is 4.78. The first-order chi connectivity index (χ1) is 13.4. The summed E-state index contributed by atoms with van der Waals surface area (Å²) in [4.78, 5) is 31.9. The number of nitrogens with zero attached hydrogens (tertiary/aromatic N) is 2. The first-order valence-corrected chi connectivity index (χ1v) is 9.71. The van der Waals surface area contributed by atoms with Crippen LogP contribution in [0.5, 0.6) is 0 Å². The summed E-state index contributed by atoms with van der Waals surface area (Å²) in [6, 6.07) is 8.33. The fourth-order valence-electron chi connectivity index (χ4n) is 4.07. The number of hydrogen-bond donors (Lipinski definition) is 1. The van der Waals surface area contributed by atoms with Gasteiger partial charge in [-0.15, -0.1) is 0 Å². The Morgan fingerprint density at radius 1 is 1.04 bits per heavy atom. The van der Waals surface area contributed by atoms with Crippen LogP contribution in [-0.4, -0.2) is 29.0 Å². The highest BCUT2D eigenvalue weighted by molar-refractivity contribution is 5.92. The number of nitrogens with two attached hydrogens (primary N) is 1. The number of rotatable bonds is 5. The van der Waals surface area contributed by atoms with Gasteiger partial charge in [-0.3, -0.25) is 14.6 Å². The lowest BCUT2D eigenvalue weighted by atomic mass is 9.77. The molecule has 2 aromatic rings. The van der Waals surface area contributed by atoms with Gasteiger partial charge in [0.2, 0.25) is 0 Å². The summed E-state index contributed by atoms with van der Waals surface area (Å²) >= 11 is 0. The predicted octanol–water partition coefficient (Wildman–Crippen LogP) is 3.70. The van der Waals surface area contributed by atoms with Gasteiger partial charge in [0.05, 0.1) is 24.2 Å². The zero-order chi connectivity index (χ0) is 20.3. The Labute approximate surface area is 165 Å². The molecule has 1 amide bonds. The van der Waals surface area contributed by atoms with Gasteiger partial charge in [0, 0.05) is 12.0 Å². The van der Waals surface area contributed by atoms with E-state index in [9.17, 15) is 9.59 Å². The second kappa shape index (κ2) is 8.50. The van der Waals surface area contributed by atoms with Crippen molar-refractivity contribution in [3.8, 4) is 11.3 Å². The number of carbonyl (C=O) groups is 2. The molecule has 0 unspecified atom stereocenters. The lowest BCUT2D eigenvalue weighted by molar-refractivity contribution is -0.142. The van der Waals surface area contributed by atoms with Crippen LogP contribution in [0.2, 0.25) is 0 Å². The van der Waals surface area contributed by atoms with E-state index >= 15 is 0 Å². The Bertz CT molecular complexity index is 869. The molecule has 1 aliphatic carbocycles. The van der Waals surface area contributed by atoms with E-state index in [4.69, 9.17) is 10.5 Å². The van der Waals surface area contributed by atoms with E-state index < -0.39 is 5.91 Å². The third kappa shape index (κ3) is 4.38. The maximum atomic E-state index is 11.6. The Morgan fingerprint density at radius 3 is 2.25 bits per heavy atom. The average Bonchev–Trinajstić information content (AvgIpc) is 2.68. The summed E-state index contributed by atoms with van der Waals surface area (Å²) in [5, 5.41) is 0. The van der Waals surface area contributed by atoms with Crippen molar-refractivity contribution < 1.29 is 14.3 Å². The number of aromatic nitrogens is 2. The van der Waals surface area contributed by atoms with Crippen LogP contribution in [0, 0.1) is 19.8 Å². The van der Waals surface area contributed by atoms with Gasteiger partial charge in [0.15, 0.2) is 0 Å². The minimum absolute atomic E-state index is 0.113. The molecule has 0 bridgehead atoms. The van der Waals surface area contributed by atoms with E-state index in [0.717, 1.165) is 36.9 Å². The number of methoxy groups -OCH3 is 1. The summed E-state index contributed by atoms with van der Waals surface area (Å²) in [5.74, 6) is 0.263. The first kappa shape index (κ1) is 20.0. The molecule has 6 nitrogen and oxygen atoms in total. The molecule has 148 valence electrons. The van der Waals surface area contributed by atoms with Crippen molar-refractivity contribution in [2.75, 3.05) is 7.11 Å². The largest absolute Gasteiger partial charge is 0.469 e. The molecule has 0 saturated heterocycles. The average molecular weight is 381 g/mol. The molecular weight excluding hydrogens is 354 g/mol. The van der Waals surface area contributed by atoms with Crippen LogP contribution < -0.4 is 5.73 Å². The van der Waals surface area contributed by atoms with E-state index in [1.54, 1.807) is 6.92 Å². The molecule has 28 heavy (non-hydrogen) atoms. The van der Waals surface area contributed by atoms with Crippen molar-refractivity contribution in [1.82, 2.24) is 9.97 Å². The standard InChI is InChI=1S/C22H27N3O3/c1-13-20(25-21(22(23)27)14(2)24-13)18-10-8-17(9-11-18)16-6-4-15(5-7-16)12-19(26)28-3/h8-11,15-16H,4-7,12H2,1-3H3,(H2,23,27). The molecular formula is C22H27N3O3. The van der Waals surface area contributed by atoms with Gasteiger partial charge in [-0.05, 0) is 56.9 Å². The van der Waals surface area contributed by atoms with E-state index in [1.165, 1.54) is 12.7 Å². The molecule has 1 aromatic carbocycles. The van der Waals surface area contributed by atoms with Crippen molar-refractivity contribution in [2.45, 2.75) is 51.9 Å². The molecule has 1 aliphatic rings. The highest BCUT2D eigenvalue weighted by atomic mass is 16.5. The van der Waals surface area contributed by atoms with Gasteiger partial charge < -0.3 is 10.5 Å². The lowest BCUT2D eigenvalue weighted by Gasteiger charge is -2.28. The van der Waals surface area contributed by atoms with Crippen LogP contribution in [0.3, 0.4) is 0 Å². The quantitative estimate of drug-likeness (QED) is 0.797. The zero-order valence-electron chi connectivity index (χ0n) is 16.7. The number of carbonyl (C=O) groups excluding carboxylic acids is 2. The Hall–Kier alpha value is -2.76. The van der Waals surface area contributed by atoms with Crippen molar-refractivity contribution >= 4 is 11.9 Å². The van der Waals surface area contributed by atoms with Gasteiger partial charge >= 0.3 is 5.97 Å². The molecule has 3 rings (SSSR count). The second-order valence-corrected chi connectivity index (χ2v) is 7.58. The van der Waals surface area contributed by atoms with Crippen molar-refractivity contribution in [3.05, 3.63) is 46.9 Å². The van der Waals surface area contributed by atoms with Crippen molar-refractivity contribution in [2.24, 2.45) is 11.7 Å². The van der Waals surface area contributed by atoms with Crippen LogP contribution in [-0.2, 0) is 9.53 Å². The number of amides is 1. The monoisotopic (exact) mass is 381 g/mol. The molecule has 0 radical (unpaired) electrons. The van der Waals surface area contributed by atoms with Gasteiger partial charge in [0.25, 0.3) is 5.91 Å². The van der Waals surface area contributed by atoms with Crippen LogP contribution in [0.4, 0.5) is 0 Å². The third-order valence-corrected chi connectivity index (χ3v) is 5.66. The molecule has 0 spiro atoms. The fraction of sp³-hybridized carbons (Fsp3) is 0.455. The topological polar surface area (TPSA) is 95.2 Å². The maximum Gasteiger partial charge on any atom is 0.305 e. The van der Waals surface area contributed by atoms with Crippen LogP contribution in [0.1, 0.15) is 65.5 Å². The summed E-state index contributed by atoms with van der Waals surface area (Å²) in [7, 11) is 1.45. The van der Waals surface area contributed by atoms with E-state index in [0.29, 0.717) is 29.6 Å². The molecule has 1 aromatic heterocycles. The number of hydrogen-bond acceptors (Lipinski definition) is 5. The SMILES string of the molecule is COC(=O)CC1CCC(c2ccc(-c3nc(C(N)=O)c(C)nc3C)cc2)CC1. The van der Waals surface area contributed by atoms with Crippen molar-refractivity contribution in [3.63, 3.8) is 0 Å². The smallest absolute Gasteiger partial charge is 0.305 e. The summed E-state index contributed by atoms with van der Waals surface area (Å²) in [5.41, 5.74) is 9.87. The minimum Gasteiger partial charge on any atom is -0.469 e. The van der Waals surface area contributed by atoms with Crippen LogP contribution in [0.15, 0.2) is 24.3 Å². The van der Waals surface area contributed by atoms with E-state index in [1.807, 2.05) is 19.1 Å².